The first-order chi connectivity index (χ1) is 12.2. The average molecular weight is 336 g/mol. The molecule has 0 radical (unpaired) electrons. The van der Waals surface area contributed by atoms with Crippen molar-refractivity contribution in [3.05, 3.63) is 47.9 Å². The molecule has 6 heteroatoms. The molecule has 1 unspecified atom stereocenters. The van der Waals surface area contributed by atoms with Crippen molar-refractivity contribution >= 4 is 5.91 Å². The summed E-state index contributed by atoms with van der Waals surface area (Å²) in [5.74, 6) is 1.26. The van der Waals surface area contributed by atoms with E-state index >= 15 is 0 Å². The highest BCUT2D eigenvalue weighted by Gasteiger charge is 2.30. The minimum absolute atomic E-state index is 0.169. The Hall–Kier alpha value is -2.81. The van der Waals surface area contributed by atoms with Gasteiger partial charge in [-0.15, -0.1) is 0 Å². The van der Waals surface area contributed by atoms with Crippen LogP contribution in [0, 0.1) is 17.2 Å². The number of nitrogens with zero attached hydrogens (tertiary/aromatic N) is 4. The predicted octanol–water partition coefficient (Wildman–Crippen LogP) is 2.34. The fourth-order valence-corrected chi connectivity index (χ4v) is 3.20. The smallest absolute Gasteiger partial charge is 0.223 e. The molecular formula is C19H20N4O2. The molecule has 6 nitrogen and oxygen atoms in total. The predicted molar refractivity (Wildman–Crippen MR) is 90.6 cm³/mol. The second-order valence-corrected chi connectivity index (χ2v) is 6.81. The molecule has 25 heavy (non-hydrogen) atoms. The Morgan fingerprint density at radius 2 is 2.20 bits per heavy atom. The minimum Gasteiger partial charge on any atom is -0.471 e. The van der Waals surface area contributed by atoms with Crippen LogP contribution < -0.4 is 4.74 Å². The van der Waals surface area contributed by atoms with Gasteiger partial charge >= 0.3 is 0 Å². The molecule has 0 saturated heterocycles. The number of carbonyl (C=O) groups is 1. The lowest BCUT2D eigenvalue weighted by Gasteiger charge is -2.24. The van der Waals surface area contributed by atoms with Crippen LogP contribution in [-0.4, -0.2) is 33.0 Å². The Bertz CT molecular complexity index is 802. The quantitative estimate of drug-likeness (QED) is 0.859. The minimum atomic E-state index is -0.169. The Morgan fingerprint density at radius 3 is 2.92 bits per heavy atom. The molecule has 2 aromatic heterocycles. The standard InChI is InChI=1S/C19H20N4O2/c20-9-15-5-6-18(21-10-15)25-17-12-22-7-1-2-16(22)11-23(13-17)19(24)8-14-3-4-14/h1-2,5-7,10,14,17H,3-4,8,11-13H2. The van der Waals surface area contributed by atoms with E-state index in [9.17, 15) is 4.79 Å². The SMILES string of the molecule is N#Cc1ccc(OC2CN(C(=O)CC3CC3)Cc3cccn3C2)nc1. The summed E-state index contributed by atoms with van der Waals surface area (Å²) in [6.45, 7) is 1.85. The lowest BCUT2D eigenvalue weighted by atomic mass is 10.2. The lowest BCUT2D eigenvalue weighted by Crippen LogP contribution is -2.38. The van der Waals surface area contributed by atoms with Crippen molar-refractivity contribution in [2.75, 3.05) is 6.54 Å². The topological polar surface area (TPSA) is 71.2 Å². The molecule has 0 spiro atoms. The monoisotopic (exact) mass is 336 g/mol. The van der Waals surface area contributed by atoms with Crippen LogP contribution in [0.25, 0.3) is 0 Å². The van der Waals surface area contributed by atoms with E-state index in [0.29, 0.717) is 43.4 Å². The van der Waals surface area contributed by atoms with Gasteiger partial charge in [0.15, 0.2) is 0 Å². The van der Waals surface area contributed by atoms with Crippen LogP contribution in [0.1, 0.15) is 30.5 Å². The number of nitriles is 1. The molecule has 4 rings (SSSR count). The Balaban J connectivity index is 1.51. The molecule has 0 aromatic carbocycles. The van der Waals surface area contributed by atoms with Crippen LogP contribution in [0.5, 0.6) is 5.88 Å². The van der Waals surface area contributed by atoms with Crippen molar-refractivity contribution in [2.24, 2.45) is 5.92 Å². The molecule has 0 bridgehead atoms. The maximum atomic E-state index is 12.6. The third-order valence-corrected chi connectivity index (χ3v) is 4.77. The van der Waals surface area contributed by atoms with E-state index in [1.165, 1.54) is 19.0 Å². The number of aromatic nitrogens is 2. The third kappa shape index (κ3) is 3.66. The van der Waals surface area contributed by atoms with E-state index in [1.807, 2.05) is 23.2 Å². The zero-order valence-corrected chi connectivity index (χ0v) is 14.0. The number of hydrogen-bond donors (Lipinski definition) is 0. The maximum absolute atomic E-state index is 12.6. The first-order valence-corrected chi connectivity index (χ1v) is 8.66. The lowest BCUT2D eigenvalue weighted by molar-refractivity contribution is -0.133. The molecule has 1 aliphatic heterocycles. The number of ether oxygens (including phenoxy) is 1. The highest BCUT2D eigenvalue weighted by Crippen LogP contribution is 2.33. The molecule has 2 aliphatic rings. The normalized spacial score (nSPS) is 19.6. The summed E-state index contributed by atoms with van der Waals surface area (Å²) in [6.07, 6.45) is 6.34. The number of amides is 1. The third-order valence-electron chi connectivity index (χ3n) is 4.77. The summed E-state index contributed by atoms with van der Waals surface area (Å²) in [7, 11) is 0. The van der Waals surface area contributed by atoms with Crippen LogP contribution in [-0.2, 0) is 17.9 Å². The number of pyridine rings is 1. The van der Waals surface area contributed by atoms with Crippen LogP contribution in [0.3, 0.4) is 0 Å². The van der Waals surface area contributed by atoms with Crippen molar-refractivity contribution in [1.29, 1.82) is 5.26 Å². The highest BCUT2D eigenvalue weighted by molar-refractivity contribution is 5.76. The fourth-order valence-electron chi connectivity index (χ4n) is 3.20. The van der Waals surface area contributed by atoms with Crippen molar-refractivity contribution in [1.82, 2.24) is 14.5 Å². The van der Waals surface area contributed by atoms with Gasteiger partial charge in [-0.1, -0.05) is 0 Å². The molecule has 1 amide bonds. The van der Waals surface area contributed by atoms with Gasteiger partial charge in [-0.25, -0.2) is 4.98 Å². The summed E-state index contributed by atoms with van der Waals surface area (Å²) >= 11 is 0. The van der Waals surface area contributed by atoms with Gasteiger partial charge in [0.05, 0.1) is 25.2 Å². The van der Waals surface area contributed by atoms with E-state index in [4.69, 9.17) is 10.00 Å². The van der Waals surface area contributed by atoms with Gasteiger partial charge in [0.1, 0.15) is 12.2 Å². The Kier molecular flexibility index (Phi) is 4.14. The largest absolute Gasteiger partial charge is 0.471 e. The van der Waals surface area contributed by atoms with Gasteiger partial charge in [0, 0.05) is 30.6 Å². The van der Waals surface area contributed by atoms with Gasteiger partial charge in [-0.05, 0) is 37.0 Å². The maximum Gasteiger partial charge on any atom is 0.223 e. The van der Waals surface area contributed by atoms with Crippen LogP contribution in [0.15, 0.2) is 36.7 Å². The summed E-state index contributed by atoms with van der Waals surface area (Å²) in [5.41, 5.74) is 1.63. The summed E-state index contributed by atoms with van der Waals surface area (Å²) in [5, 5.41) is 8.87. The molecule has 3 heterocycles. The summed E-state index contributed by atoms with van der Waals surface area (Å²) in [6, 6.07) is 9.50. The molecular weight excluding hydrogens is 316 g/mol. The number of hydrogen-bond acceptors (Lipinski definition) is 4. The molecule has 1 atom stereocenters. The summed E-state index contributed by atoms with van der Waals surface area (Å²) < 4.78 is 8.16. The second-order valence-electron chi connectivity index (χ2n) is 6.81. The van der Waals surface area contributed by atoms with E-state index < -0.39 is 0 Å². The molecule has 0 N–H and O–H groups in total. The first kappa shape index (κ1) is 15.7. The van der Waals surface area contributed by atoms with Gasteiger partial charge in [0.25, 0.3) is 0 Å². The molecule has 1 saturated carbocycles. The van der Waals surface area contributed by atoms with Crippen LogP contribution in [0.2, 0.25) is 0 Å². The van der Waals surface area contributed by atoms with Gasteiger partial charge in [-0.2, -0.15) is 5.26 Å². The fraction of sp³-hybridized carbons (Fsp3) is 0.421. The van der Waals surface area contributed by atoms with E-state index in [2.05, 4.69) is 15.6 Å². The molecule has 1 fully saturated rings. The number of fused-ring (bicyclic) bond motifs is 1. The Morgan fingerprint density at radius 1 is 1.32 bits per heavy atom. The van der Waals surface area contributed by atoms with E-state index in [0.717, 1.165) is 5.69 Å². The first-order valence-electron chi connectivity index (χ1n) is 8.66. The zero-order chi connectivity index (χ0) is 17.2. The van der Waals surface area contributed by atoms with Gasteiger partial charge in [-0.3, -0.25) is 4.79 Å². The van der Waals surface area contributed by atoms with Crippen LogP contribution in [0.4, 0.5) is 0 Å². The van der Waals surface area contributed by atoms with Gasteiger partial charge in [0.2, 0.25) is 11.8 Å². The van der Waals surface area contributed by atoms with Crippen molar-refractivity contribution in [2.45, 2.75) is 38.5 Å². The van der Waals surface area contributed by atoms with Crippen molar-refractivity contribution < 1.29 is 9.53 Å². The molecule has 128 valence electrons. The van der Waals surface area contributed by atoms with Crippen molar-refractivity contribution in [3.8, 4) is 11.9 Å². The van der Waals surface area contributed by atoms with Crippen LogP contribution >= 0.6 is 0 Å². The van der Waals surface area contributed by atoms with Crippen molar-refractivity contribution in [3.63, 3.8) is 0 Å². The second kappa shape index (κ2) is 6.60. The van der Waals surface area contributed by atoms with E-state index in [-0.39, 0.29) is 12.0 Å². The van der Waals surface area contributed by atoms with E-state index in [1.54, 1.807) is 12.1 Å². The molecule has 2 aromatic rings. The van der Waals surface area contributed by atoms with Gasteiger partial charge < -0.3 is 14.2 Å². The highest BCUT2D eigenvalue weighted by atomic mass is 16.5. The summed E-state index contributed by atoms with van der Waals surface area (Å²) in [4.78, 5) is 18.7. The average Bonchev–Trinajstić information content (AvgIpc) is 3.36. The number of carbonyl (C=O) groups excluding carboxylic acids is 1. The zero-order valence-electron chi connectivity index (χ0n) is 14.0. The number of rotatable bonds is 4. The molecule has 1 aliphatic carbocycles. The Labute approximate surface area is 146 Å².